The van der Waals surface area contributed by atoms with Crippen LogP contribution in [0.15, 0.2) is 60.0 Å². The summed E-state index contributed by atoms with van der Waals surface area (Å²) < 4.78 is 55.0. The van der Waals surface area contributed by atoms with E-state index in [0.717, 1.165) is 28.4 Å². The molecule has 17 heteroatoms. The summed E-state index contributed by atoms with van der Waals surface area (Å²) in [5, 5.41) is 9.63. The maximum Gasteiger partial charge on any atom is 0.303 e. The van der Waals surface area contributed by atoms with Crippen molar-refractivity contribution in [2.75, 3.05) is 33.1 Å². The Bertz CT molecular complexity index is 2410. The average Bonchev–Trinajstić information content (AvgIpc) is 3.49. The van der Waals surface area contributed by atoms with Crippen molar-refractivity contribution in [3.63, 3.8) is 0 Å². The lowest BCUT2D eigenvalue weighted by atomic mass is 10.0. The number of thiazole rings is 1. The normalized spacial score (nSPS) is 24.2. The maximum absolute atomic E-state index is 14.8. The van der Waals surface area contributed by atoms with Gasteiger partial charge in [0, 0.05) is 54.5 Å². The van der Waals surface area contributed by atoms with Crippen LogP contribution in [0.5, 0.6) is 11.5 Å². The Morgan fingerprint density at radius 2 is 1.85 bits per heavy atom. The van der Waals surface area contributed by atoms with Crippen molar-refractivity contribution >= 4 is 55.9 Å². The van der Waals surface area contributed by atoms with Crippen molar-refractivity contribution in [1.82, 2.24) is 29.2 Å². The Labute approximate surface area is 354 Å². The van der Waals surface area contributed by atoms with E-state index in [0.29, 0.717) is 58.1 Å². The molecular formula is C43H52FN7O7S2. The van der Waals surface area contributed by atoms with Crippen molar-refractivity contribution in [3.8, 4) is 22.2 Å². The van der Waals surface area contributed by atoms with Crippen LogP contribution in [-0.4, -0.2) is 96.8 Å². The largest absolute Gasteiger partial charge is 0.496 e. The van der Waals surface area contributed by atoms with Gasteiger partial charge in [-0.25, -0.2) is 19.1 Å². The number of halogens is 1. The van der Waals surface area contributed by atoms with E-state index in [4.69, 9.17) is 19.4 Å². The van der Waals surface area contributed by atoms with Crippen LogP contribution >= 0.6 is 11.3 Å². The summed E-state index contributed by atoms with van der Waals surface area (Å²) in [6.07, 6.45) is 6.85. The van der Waals surface area contributed by atoms with Crippen LogP contribution in [0.4, 0.5) is 10.1 Å². The number of methoxy groups -OCH3 is 1. The minimum atomic E-state index is -4.18. The molecule has 4 heterocycles. The van der Waals surface area contributed by atoms with Gasteiger partial charge in [-0.1, -0.05) is 38.8 Å². The molecule has 3 amide bonds. The van der Waals surface area contributed by atoms with Gasteiger partial charge in [-0.2, -0.15) is 12.7 Å². The van der Waals surface area contributed by atoms with E-state index in [1.54, 1.807) is 19.2 Å². The van der Waals surface area contributed by atoms with E-state index in [1.807, 2.05) is 42.7 Å². The van der Waals surface area contributed by atoms with E-state index in [9.17, 15) is 27.2 Å². The summed E-state index contributed by atoms with van der Waals surface area (Å²) >= 11 is 1.48. The summed E-state index contributed by atoms with van der Waals surface area (Å²) in [5.41, 5.74) is 2.00. The highest BCUT2D eigenvalue weighted by Crippen LogP contribution is 2.46. The number of aromatic nitrogens is 2. The number of benzene rings is 2. The van der Waals surface area contributed by atoms with Gasteiger partial charge in [0.2, 0.25) is 11.8 Å². The standard InChI is InChI=1S/C43H52FN7O7S2/c1-25(2)34-24-59-40(47-34)33-21-37(31-18-19-36(57-6)26(3)38(31)46-33)58-30-20-35-39(52)48-43(42(54)49-60(55,56)50(4)5)22-27(43)12-10-8-7-9-11-13-32(41(53)51(35)23-30)45-29-16-14-28(44)15-17-29/h10,12,14-19,21,24-25,27,30,32,35,45H,7-9,11,13,20,22-23H2,1-6H3,(H,48,52)(H,49,54)/b12-10-/t27-,30+,32-,35-,43+/m0/s1. The van der Waals surface area contributed by atoms with Gasteiger partial charge < -0.3 is 25.0 Å². The number of nitrogens with one attached hydrogen (secondary N) is 3. The smallest absolute Gasteiger partial charge is 0.303 e. The predicted octanol–water partition coefficient (Wildman–Crippen LogP) is 6.08. The number of ether oxygens (including phenoxy) is 2. The molecule has 7 rings (SSSR count). The molecule has 1 saturated carbocycles. The molecule has 2 fully saturated rings. The van der Waals surface area contributed by atoms with Crippen molar-refractivity contribution < 1.29 is 36.7 Å². The van der Waals surface area contributed by atoms with Gasteiger partial charge >= 0.3 is 10.2 Å². The molecule has 1 saturated heterocycles. The topological polar surface area (TPSA) is 172 Å². The number of carbonyl (C=O) groups is 3. The van der Waals surface area contributed by atoms with Crippen LogP contribution in [0, 0.1) is 18.7 Å². The molecule has 2 aromatic heterocycles. The average molecular weight is 862 g/mol. The predicted molar refractivity (Wildman–Crippen MR) is 229 cm³/mol. The van der Waals surface area contributed by atoms with Crippen LogP contribution in [-0.2, 0) is 24.6 Å². The third-order valence-electron chi connectivity index (χ3n) is 11.5. The fourth-order valence-electron chi connectivity index (χ4n) is 7.87. The summed E-state index contributed by atoms with van der Waals surface area (Å²) in [4.78, 5) is 54.6. The Kier molecular flexibility index (Phi) is 12.5. The van der Waals surface area contributed by atoms with E-state index in [2.05, 4.69) is 29.2 Å². The number of pyridine rings is 1. The van der Waals surface area contributed by atoms with Gasteiger partial charge in [0.05, 0.1) is 24.9 Å². The molecule has 0 unspecified atom stereocenters. The number of nitrogens with zero attached hydrogens (tertiary/aromatic N) is 4. The molecule has 320 valence electrons. The van der Waals surface area contributed by atoms with Gasteiger partial charge in [0.15, 0.2) is 0 Å². The van der Waals surface area contributed by atoms with Crippen LogP contribution in [0.2, 0.25) is 0 Å². The number of carbonyl (C=O) groups excluding carboxylic acids is 3. The number of anilines is 1. The second kappa shape index (κ2) is 17.5. The summed E-state index contributed by atoms with van der Waals surface area (Å²) in [6, 6.07) is 9.44. The highest BCUT2D eigenvalue weighted by atomic mass is 32.2. The molecule has 0 bridgehead atoms. The number of allylic oxidation sites excluding steroid dienone is 1. The van der Waals surface area contributed by atoms with Gasteiger partial charge in [0.1, 0.15) is 51.7 Å². The second-order valence-corrected chi connectivity index (χ2v) is 19.0. The molecule has 3 aliphatic rings. The molecule has 0 spiro atoms. The zero-order valence-corrected chi connectivity index (χ0v) is 36.3. The fraction of sp³-hybridized carbons (Fsp3) is 0.465. The molecule has 0 radical (unpaired) electrons. The Morgan fingerprint density at radius 3 is 2.55 bits per heavy atom. The van der Waals surface area contributed by atoms with Gasteiger partial charge in [0.25, 0.3) is 5.91 Å². The SMILES string of the molecule is COc1ccc2c(O[C@@H]3C[C@H]4C(=O)N[C@]5(C(=O)NS(=O)(=O)N(C)C)C[C@@H]5/C=C\CCCCC[C@H](Nc5ccc(F)cc5)C(=O)N4C3)cc(-c3nc(C(C)C)cs3)nc2c1C. The first-order valence-electron chi connectivity index (χ1n) is 20.3. The molecule has 4 aromatic rings. The number of rotatable bonds is 10. The van der Waals surface area contributed by atoms with Crippen molar-refractivity contribution in [3.05, 3.63) is 77.1 Å². The summed E-state index contributed by atoms with van der Waals surface area (Å²) in [6.45, 7) is 6.09. The van der Waals surface area contributed by atoms with Crippen molar-refractivity contribution in [2.45, 2.75) is 95.4 Å². The number of amides is 3. The summed E-state index contributed by atoms with van der Waals surface area (Å²) in [5.74, 6) is -1.34. The number of hydrogen-bond donors (Lipinski definition) is 3. The molecular weight excluding hydrogens is 810 g/mol. The minimum Gasteiger partial charge on any atom is -0.496 e. The Morgan fingerprint density at radius 1 is 1.08 bits per heavy atom. The van der Waals surface area contributed by atoms with E-state index >= 15 is 0 Å². The zero-order chi connectivity index (χ0) is 42.9. The number of fused-ring (bicyclic) bond motifs is 3. The minimum absolute atomic E-state index is 0.0269. The molecule has 1 aliphatic carbocycles. The van der Waals surface area contributed by atoms with Gasteiger partial charge in [-0.15, -0.1) is 11.3 Å². The lowest BCUT2D eigenvalue weighted by Gasteiger charge is -2.30. The van der Waals surface area contributed by atoms with Crippen LogP contribution in [0.25, 0.3) is 21.6 Å². The molecule has 2 aromatic carbocycles. The van der Waals surface area contributed by atoms with Gasteiger partial charge in [-0.05, 0) is 74.9 Å². The monoisotopic (exact) mass is 861 g/mol. The fourth-order valence-corrected chi connectivity index (χ4v) is 9.41. The van der Waals surface area contributed by atoms with E-state index in [-0.39, 0.29) is 31.2 Å². The van der Waals surface area contributed by atoms with E-state index < -0.39 is 57.5 Å². The molecule has 60 heavy (non-hydrogen) atoms. The number of hydrogen-bond acceptors (Lipinski definition) is 11. The quantitative estimate of drug-likeness (QED) is 0.159. The van der Waals surface area contributed by atoms with E-state index in [1.165, 1.54) is 42.5 Å². The lowest BCUT2D eigenvalue weighted by molar-refractivity contribution is -0.140. The summed E-state index contributed by atoms with van der Waals surface area (Å²) in [7, 11) is 0.0258. The molecule has 14 nitrogen and oxygen atoms in total. The Hall–Kier alpha value is -5.13. The first-order valence-corrected chi connectivity index (χ1v) is 22.6. The Balaban J connectivity index is 1.26. The highest BCUT2D eigenvalue weighted by Gasteiger charge is 2.61. The molecule has 2 aliphatic heterocycles. The second-order valence-electron chi connectivity index (χ2n) is 16.3. The highest BCUT2D eigenvalue weighted by molar-refractivity contribution is 7.87. The number of aryl methyl sites for hydroxylation is 1. The first-order chi connectivity index (χ1) is 28.6. The zero-order valence-electron chi connectivity index (χ0n) is 34.7. The molecule has 5 atom stereocenters. The van der Waals surface area contributed by atoms with Crippen LogP contribution in [0.3, 0.4) is 0 Å². The third kappa shape index (κ3) is 8.98. The maximum atomic E-state index is 14.8. The lowest BCUT2D eigenvalue weighted by Crippen LogP contribution is -2.58. The molecule has 3 N–H and O–H groups in total. The van der Waals surface area contributed by atoms with Gasteiger partial charge in [-0.3, -0.25) is 14.4 Å². The van der Waals surface area contributed by atoms with Crippen molar-refractivity contribution in [2.24, 2.45) is 5.92 Å². The first kappa shape index (κ1) is 43.0. The van der Waals surface area contributed by atoms with Crippen LogP contribution < -0.4 is 24.8 Å². The van der Waals surface area contributed by atoms with Crippen molar-refractivity contribution in [1.29, 1.82) is 0 Å². The van der Waals surface area contributed by atoms with Crippen LogP contribution in [0.1, 0.15) is 76.0 Å². The third-order valence-corrected chi connectivity index (χ3v) is 13.8.